The second kappa shape index (κ2) is 4.87. The van der Waals surface area contributed by atoms with E-state index in [-0.39, 0.29) is 0 Å². The molecular formula is C10H12ClNO. The van der Waals surface area contributed by atoms with Crippen LogP contribution in [0.3, 0.4) is 0 Å². The Hall–Kier alpha value is -1.02. The maximum atomic E-state index is 10.4. The third kappa shape index (κ3) is 2.74. The van der Waals surface area contributed by atoms with Gasteiger partial charge in [0, 0.05) is 30.7 Å². The van der Waals surface area contributed by atoms with E-state index in [0.717, 1.165) is 18.5 Å². The first-order valence-electron chi connectivity index (χ1n) is 4.10. The van der Waals surface area contributed by atoms with Gasteiger partial charge in [0.25, 0.3) is 0 Å². The van der Waals surface area contributed by atoms with Crippen LogP contribution in [0.4, 0.5) is 5.69 Å². The fourth-order valence-electron chi connectivity index (χ4n) is 1.06. The van der Waals surface area contributed by atoms with Crippen LogP contribution in [-0.2, 0) is 0 Å². The van der Waals surface area contributed by atoms with Gasteiger partial charge in [0.15, 0.2) is 0 Å². The summed E-state index contributed by atoms with van der Waals surface area (Å²) in [5, 5.41) is 0. The highest BCUT2D eigenvalue weighted by atomic mass is 35.5. The van der Waals surface area contributed by atoms with Crippen LogP contribution in [0.15, 0.2) is 24.3 Å². The maximum absolute atomic E-state index is 10.4. The molecule has 0 radical (unpaired) electrons. The molecule has 0 aromatic heterocycles. The van der Waals surface area contributed by atoms with Crippen molar-refractivity contribution in [2.45, 2.75) is 0 Å². The highest BCUT2D eigenvalue weighted by Crippen LogP contribution is 2.12. The quantitative estimate of drug-likeness (QED) is 0.545. The van der Waals surface area contributed by atoms with Gasteiger partial charge in [-0.05, 0) is 24.3 Å². The number of alkyl halides is 1. The molecule has 0 spiro atoms. The average Bonchev–Trinajstić information content (AvgIpc) is 2.18. The fourth-order valence-corrected chi connectivity index (χ4v) is 1.32. The lowest BCUT2D eigenvalue weighted by Gasteiger charge is -2.17. The van der Waals surface area contributed by atoms with E-state index in [1.165, 1.54) is 0 Å². The molecule has 0 fully saturated rings. The number of rotatable bonds is 4. The molecule has 0 amide bonds. The van der Waals surface area contributed by atoms with Gasteiger partial charge in [0.2, 0.25) is 0 Å². The van der Waals surface area contributed by atoms with Crippen molar-refractivity contribution in [3.05, 3.63) is 29.8 Å². The van der Waals surface area contributed by atoms with E-state index in [9.17, 15) is 4.79 Å². The zero-order chi connectivity index (χ0) is 9.68. The summed E-state index contributed by atoms with van der Waals surface area (Å²) in [6, 6.07) is 7.42. The van der Waals surface area contributed by atoms with Gasteiger partial charge in [0.05, 0.1) is 0 Å². The van der Waals surface area contributed by atoms with E-state index in [2.05, 4.69) is 0 Å². The van der Waals surface area contributed by atoms with Crippen molar-refractivity contribution in [3.63, 3.8) is 0 Å². The Balaban J connectivity index is 2.73. The van der Waals surface area contributed by atoms with Gasteiger partial charge in [-0.15, -0.1) is 11.6 Å². The van der Waals surface area contributed by atoms with Crippen molar-refractivity contribution in [1.29, 1.82) is 0 Å². The number of hydrogen-bond donors (Lipinski definition) is 0. The molecule has 0 aliphatic rings. The minimum Gasteiger partial charge on any atom is -0.373 e. The number of carbonyl (C=O) groups is 1. The number of carbonyl (C=O) groups excluding carboxylic acids is 1. The van der Waals surface area contributed by atoms with Crippen LogP contribution in [0.1, 0.15) is 10.4 Å². The van der Waals surface area contributed by atoms with Gasteiger partial charge < -0.3 is 4.90 Å². The summed E-state index contributed by atoms with van der Waals surface area (Å²) in [6.45, 7) is 0.808. The molecule has 0 unspecified atom stereocenters. The van der Waals surface area contributed by atoms with Gasteiger partial charge in [0.1, 0.15) is 6.29 Å². The molecule has 2 nitrogen and oxygen atoms in total. The Kier molecular flexibility index (Phi) is 3.77. The minimum absolute atomic E-state index is 0.603. The molecule has 0 N–H and O–H groups in total. The number of hydrogen-bond acceptors (Lipinski definition) is 2. The molecule has 70 valence electrons. The normalized spacial score (nSPS) is 9.69. The van der Waals surface area contributed by atoms with E-state index in [0.29, 0.717) is 11.4 Å². The topological polar surface area (TPSA) is 20.3 Å². The van der Waals surface area contributed by atoms with Gasteiger partial charge in [-0.3, -0.25) is 4.79 Å². The van der Waals surface area contributed by atoms with Crippen molar-refractivity contribution in [2.24, 2.45) is 0 Å². The second-order valence-corrected chi connectivity index (χ2v) is 3.20. The Bertz CT molecular complexity index is 271. The first-order chi connectivity index (χ1) is 6.27. The lowest BCUT2D eigenvalue weighted by Crippen LogP contribution is -2.19. The maximum Gasteiger partial charge on any atom is 0.150 e. The predicted molar refractivity (Wildman–Crippen MR) is 55.8 cm³/mol. The van der Waals surface area contributed by atoms with E-state index >= 15 is 0 Å². The lowest BCUT2D eigenvalue weighted by molar-refractivity contribution is 0.112. The highest BCUT2D eigenvalue weighted by Gasteiger charge is 1.98. The SMILES string of the molecule is CN(CCCl)c1ccc(C=O)cc1. The average molecular weight is 198 g/mol. The second-order valence-electron chi connectivity index (χ2n) is 2.82. The molecule has 1 aromatic rings. The lowest BCUT2D eigenvalue weighted by atomic mass is 10.2. The Morgan fingerprint density at radius 1 is 1.38 bits per heavy atom. The van der Waals surface area contributed by atoms with Crippen LogP contribution in [0.25, 0.3) is 0 Å². The van der Waals surface area contributed by atoms with E-state index in [4.69, 9.17) is 11.6 Å². The number of aldehydes is 1. The minimum atomic E-state index is 0.603. The van der Waals surface area contributed by atoms with Gasteiger partial charge in [-0.25, -0.2) is 0 Å². The van der Waals surface area contributed by atoms with Gasteiger partial charge >= 0.3 is 0 Å². The molecule has 0 heterocycles. The first kappa shape index (κ1) is 10.1. The predicted octanol–water partition coefficient (Wildman–Crippen LogP) is 2.17. The van der Waals surface area contributed by atoms with Gasteiger partial charge in [-0.2, -0.15) is 0 Å². The summed E-state index contributed by atoms with van der Waals surface area (Å²) in [5.74, 6) is 0.603. The van der Waals surface area contributed by atoms with Crippen molar-refractivity contribution in [1.82, 2.24) is 0 Å². The summed E-state index contributed by atoms with van der Waals surface area (Å²) in [5.41, 5.74) is 1.77. The fraction of sp³-hybridized carbons (Fsp3) is 0.300. The zero-order valence-electron chi connectivity index (χ0n) is 7.53. The third-order valence-corrected chi connectivity index (χ3v) is 2.06. The van der Waals surface area contributed by atoms with Crippen LogP contribution in [0.5, 0.6) is 0 Å². The molecule has 0 atom stereocenters. The Morgan fingerprint density at radius 3 is 2.46 bits per heavy atom. The van der Waals surface area contributed by atoms with E-state index in [1.807, 2.05) is 24.1 Å². The standard InChI is InChI=1S/C10H12ClNO/c1-12(7-6-11)10-4-2-9(8-13)3-5-10/h2-5,8H,6-7H2,1H3. The largest absolute Gasteiger partial charge is 0.373 e. The van der Waals surface area contributed by atoms with Crippen molar-refractivity contribution < 1.29 is 4.79 Å². The summed E-state index contributed by atoms with van der Waals surface area (Å²) in [4.78, 5) is 12.4. The van der Waals surface area contributed by atoms with Crippen LogP contribution in [-0.4, -0.2) is 25.8 Å². The first-order valence-corrected chi connectivity index (χ1v) is 4.63. The van der Waals surface area contributed by atoms with E-state index < -0.39 is 0 Å². The van der Waals surface area contributed by atoms with Crippen LogP contribution >= 0.6 is 11.6 Å². The summed E-state index contributed by atoms with van der Waals surface area (Å²) >= 11 is 5.61. The number of anilines is 1. The van der Waals surface area contributed by atoms with Crippen molar-refractivity contribution >= 4 is 23.6 Å². The smallest absolute Gasteiger partial charge is 0.150 e. The number of halogens is 1. The molecule has 0 saturated carbocycles. The molecule has 1 rings (SSSR count). The third-order valence-electron chi connectivity index (χ3n) is 1.89. The number of nitrogens with zero attached hydrogens (tertiary/aromatic N) is 1. The van der Waals surface area contributed by atoms with Crippen LogP contribution < -0.4 is 4.90 Å². The number of benzene rings is 1. The van der Waals surface area contributed by atoms with Crippen LogP contribution in [0, 0.1) is 0 Å². The summed E-state index contributed by atoms with van der Waals surface area (Å²) < 4.78 is 0. The zero-order valence-corrected chi connectivity index (χ0v) is 8.29. The molecule has 13 heavy (non-hydrogen) atoms. The van der Waals surface area contributed by atoms with Crippen molar-refractivity contribution in [2.75, 3.05) is 24.4 Å². The van der Waals surface area contributed by atoms with Gasteiger partial charge in [-0.1, -0.05) is 0 Å². The molecule has 0 aliphatic carbocycles. The van der Waals surface area contributed by atoms with E-state index in [1.54, 1.807) is 12.1 Å². The summed E-state index contributed by atoms with van der Waals surface area (Å²) in [6.07, 6.45) is 0.839. The Labute approximate surface area is 83.1 Å². The molecule has 0 aliphatic heterocycles. The highest BCUT2D eigenvalue weighted by molar-refractivity contribution is 6.18. The molecule has 0 saturated heterocycles. The molecule has 0 bridgehead atoms. The Morgan fingerprint density at radius 2 is 2.00 bits per heavy atom. The molecule has 3 heteroatoms. The van der Waals surface area contributed by atoms with Crippen LogP contribution in [0.2, 0.25) is 0 Å². The van der Waals surface area contributed by atoms with Crippen molar-refractivity contribution in [3.8, 4) is 0 Å². The monoisotopic (exact) mass is 197 g/mol. The molecular weight excluding hydrogens is 186 g/mol. The molecule has 1 aromatic carbocycles. The summed E-state index contributed by atoms with van der Waals surface area (Å²) in [7, 11) is 1.97.